The monoisotopic (exact) mass is 420 g/mol. The SMILES string of the molecule is CC.CNS(=O)(=O)Cc1ccc(NC(=O)/C=C/c2ccc(C(C)(C)C)cc2)cc1.[HH].[HH]. The van der Waals surface area contributed by atoms with Crippen LogP contribution < -0.4 is 10.0 Å². The van der Waals surface area contributed by atoms with E-state index in [0.717, 1.165) is 5.56 Å². The second kappa shape index (κ2) is 10.9. The Kier molecular flexibility index (Phi) is 9.27. The van der Waals surface area contributed by atoms with Crippen LogP contribution in [0.2, 0.25) is 0 Å². The molecule has 0 aromatic heterocycles. The average Bonchev–Trinajstić information content (AvgIpc) is 2.69. The first-order valence-electron chi connectivity index (χ1n) is 9.69. The van der Waals surface area contributed by atoms with Gasteiger partial charge in [0, 0.05) is 14.6 Å². The predicted octanol–water partition coefficient (Wildman–Crippen LogP) is 5.20. The fourth-order valence-electron chi connectivity index (χ4n) is 2.43. The molecular weight excluding hydrogens is 384 g/mol. The van der Waals surface area contributed by atoms with Crippen molar-refractivity contribution in [2.45, 2.75) is 45.8 Å². The molecule has 0 bridgehead atoms. The summed E-state index contributed by atoms with van der Waals surface area (Å²) in [5.41, 5.74) is 3.54. The van der Waals surface area contributed by atoms with Crippen LogP contribution in [-0.4, -0.2) is 21.4 Å². The lowest BCUT2D eigenvalue weighted by molar-refractivity contribution is -0.111. The standard InChI is InChI=1S/C21H26N2O3S.C2H6.2H2/c1-21(2,3)18-10-5-16(6-11-18)9-14-20(24)23-19-12-7-17(8-13-19)15-27(25,26)22-4;1-2;;/h5-14,22H,15H2,1-4H3,(H,23,24);1-2H3;2*1H/b14-9+;;;. The Labute approximate surface area is 178 Å². The van der Waals surface area contributed by atoms with E-state index >= 15 is 0 Å². The van der Waals surface area contributed by atoms with Crippen molar-refractivity contribution in [2.75, 3.05) is 12.4 Å². The van der Waals surface area contributed by atoms with Crippen LogP contribution in [-0.2, 0) is 26.0 Å². The van der Waals surface area contributed by atoms with Gasteiger partial charge >= 0.3 is 0 Å². The number of carbonyl (C=O) groups is 1. The Morgan fingerprint density at radius 2 is 1.55 bits per heavy atom. The van der Waals surface area contributed by atoms with Crippen molar-refractivity contribution in [3.05, 3.63) is 71.3 Å². The van der Waals surface area contributed by atoms with Crippen molar-refractivity contribution in [3.8, 4) is 0 Å². The van der Waals surface area contributed by atoms with Gasteiger partial charge in [0.25, 0.3) is 0 Å². The molecule has 0 fully saturated rings. The van der Waals surface area contributed by atoms with Crippen LogP contribution in [0.25, 0.3) is 6.08 Å². The summed E-state index contributed by atoms with van der Waals surface area (Å²) in [5, 5.41) is 2.76. The van der Waals surface area contributed by atoms with Crippen molar-refractivity contribution in [2.24, 2.45) is 0 Å². The van der Waals surface area contributed by atoms with E-state index in [4.69, 9.17) is 0 Å². The highest BCUT2D eigenvalue weighted by Crippen LogP contribution is 2.22. The molecule has 0 aliphatic rings. The zero-order chi connectivity index (χ0) is 22.1. The Morgan fingerprint density at radius 1 is 1.00 bits per heavy atom. The number of carbonyl (C=O) groups excluding carboxylic acids is 1. The Bertz CT molecular complexity index is 919. The second-order valence-electron chi connectivity index (χ2n) is 7.35. The molecular formula is C23H36N2O3S. The summed E-state index contributed by atoms with van der Waals surface area (Å²) < 4.78 is 25.3. The molecule has 2 N–H and O–H groups in total. The fourth-order valence-corrected chi connectivity index (χ4v) is 3.20. The summed E-state index contributed by atoms with van der Waals surface area (Å²) in [6.45, 7) is 10.5. The molecule has 0 heterocycles. The lowest BCUT2D eigenvalue weighted by Crippen LogP contribution is -2.20. The van der Waals surface area contributed by atoms with Crippen LogP contribution in [0, 0.1) is 0 Å². The summed E-state index contributed by atoms with van der Waals surface area (Å²) >= 11 is 0. The van der Waals surface area contributed by atoms with Gasteiger partial charge in [0.05, 0.1) is 5.75 Å². The van der Waals surface area contributed by atoms with Gasteiger partial charge in [-0.25, -0.2) is 13.1 Å². The van der Waals surface area contributed by atoms with Gasteiger partial charge in [-0.15, -0.1) is 0 Å². The minimum absolute atomic E-state index is 0. The van der Waals surface area contributed by atoms with E-state index in [1.165, 1.54) is 18.7 Å². The Balaban J connectivity index is 0. The molecule has 0 aliphatic carbocycles. The zero-order valence-corrected chi connectivity index (χ0v) is 18.9. The van der Waals surface area contributed by atoms with E-state index in [9.17, 15) is 13.2 Å². The maximum atomic E-state index is 12.1. The second-order valence-corrected chi connectivity index (χ2v) is 9.28. The minimum atomic E-state index is -3.31. The number of benzene rings is 2. The molecule has 6 heteroatoms. The molecule has 0 saturated carbocycles. The third-order valence-electron chi connectivity index (χ3n) is 4.09. The number of sulfonamides is 1. The maximum Gasteiger partial charge on any atom is 0.248 e. The summed E-state index contributed by atoms with van der Waals surface area (Å²) in [5.74, 6) is -0.340. The smallest absolute Gasteiger partial charge is 0.248 e. The number of amides is 1. The largest absolute Gasteiger partial charge is 0.323 e. The first-order chi connectivity index (χ1) is 13.6. The minimum Gasteiger partial charge on any atom is -0.323 e. The normalized spacial score (nSPS) is 11.7. The number of anilines is 1. The van der Waals surface area contributed by atoms with Gasteiger partial charge < -0.3 is 5.32 Å². The summed E-state index contributed by atoms with van der Waals surface area (Å²) in [6.07, 6.45) is 3.24. The van der Waals surface area contributed by atoms with Crippen LogP contribution in [0.5, 0.6) is 0 Å². The first-order valence-corrected chi connectivity index (χ1v) is 11.3. The molecule has 2 aromatic carbocycles. The third kappa shape index (κ3) is 8.62. The number of hydrogen-bond acceptors (Lipinski definition) is 3. The van der Waals surface area contributed by atoms with Gasteiger partial charge in [-0.05, 0) is 47.4 Å². The topological polar surface area (TPSA) is 75.3 Å². The van der Waals surface area contributed by atoms with E-state index in [0.29, 0.717) is 11.3 Å². The average molecular weight is 421 g/mol. The molecule has 0 saturated heterocycles. The van der Waals surface area contributed by atoms with Crippen LogP contribution in [0.1, 0.15) is 54.2 Å². The number of hydrogen-bond donors (Lipinski definition) is 2. The van der Waals surface area contributed by atoms with E-state index in [2.05, 4.69) is 42.9 Å². The van der Waals surface area contributed by atoms with Gasteiger partial charge in [-0.1, -0.05) is 71.0 Å². The molecule has 1 amide bonds. The third-order valence-corrected chi connectivity index (χ3v) is 5.43. The maximum absolute atomic E-state index is 12.1. The quantitative estimate of drug-likeness (QED) is 0.630. The van der Waals surface area contributed by atoms with Gasteiger partial charge in [0.2, 0.25) is 15.9 Å². The molecule has 0 aliphatic heterocycles. The van der Waals surface area contributed by atoms with E-state index in [-0.39, 0.29) is 19.9 Å². The zero-order valence-electron chi connectivity index (χ0n) is 18.1. The van der Waals surface area contributed by atoms with Gasteiger partial charge in [0.15, 0.2) is 0 Å². The van der Waals surface area contributed by atoms with Crippen LogP contribution >= 0.6 is 0 Å². The van der Waals surface area contributed by atoms with Crippen molar-refractivity contribution in [3.63, 3.8) is 0 Å². The highest BCUT2D eigenvalue weighted by Gasteiger charge is 2.12. The molecule has 0 atom stereocenters. The van der Waals surface area contributed by atoms with Gasteiger partial charge in [0.1, 0.15) is 0 Å². The molecule has 162 valence electrons. The van der Waals surface area contributed by atoms with Crippen LogP contribution in [0.4, 0.5) is 5.69 Å². The molecule has 2 rings (SSSR count). The summed E-state index contributed by atoms with van der Waals surface area (Å²) in [4.78, 5) is 12.1. The Morgan fingerprint density at radius 3 is 2.03 bits per heavy atom. The van der Waals surface area contributed by atoms with E-state index in [1.54, 1.807) is 30.3 Å². The van der Waals surface area contributed by atoms with Gasteiger partial charge in [-0.3, -0.25) is 4.79 Å². The lowest BCUT2D eigenvalue weighted by Gasteiger charge is -2.18. The molecule has 5 nitrogen and oxygen atoms in total. The molecule has 0 radical (unpaired) electrons. The predicted molar refractivity (Wildman–Crippen MR) is 127 cm³/mol. The van der Waals surface area contributed by atoms with Gasteiger partial charge in [-0.2, -0.15) is 0 Å². The first kappa shape index (κ1) is 24.6. The van der Waals surface area contributed by atoms with E-state index < -0.39 is 10.0 Å². The van der Waals surface area contributed by atoms with Crippen molar-refractivity contribution >= 4 is 27.7 Å². The fraction of sp³-hybridized carbons (Fsp3) is 0.348. The summed E-state index contributed by atoms with van der Waals surface area (Å²) in [7, 11) is -1.93. The van der Waals surface area contributed by atoms with Crippen LogP contribution in [0.15, 0.2) is 54.6 Å². The highest BCUT2D eigenvalue weighted by molar-refractivity contribution is 7.88. The molecule has 0 unspecified atom stereocenters. The number of rotatable bonds is 6. The van der Waals surface area contributed by atoms with E-state index in [1.807, 2.05) is 26.0 Å². The molecule has 0 spiro atoms. The summed E-state index contributed by atoms with van der Waals surface area (Å²) in [6, 6.07) is 14.8. The highest BCUT2D eigenvalue weighted by atomic mass is 32.2. The van der Waals surface area contributed by atoms with Crippen molar-refractivity contribution < 1.29 is 16.1 Å². The number of nitrogens with one attached hydrogen (secondary N) is 2. The Hall–Kier alpha value is -2.44. The molecule has 29 heavy (non-hydrogen) atoms. The lowest BCUT2D eigenvalue weighted by atomic mass is 9.87. The van der Waals surface area contributed by atoms with Crippen molar-refractivity contribution in [1.29, 1.82) is 0 Å². The van der Waals surface area contributed by atoms with Crippen LogP contribution in [0.3, 0.4) is 0 Å². The molecule has 2 aromatic rings. The van der Waals surface area contributed by atoms with Crippen molar-refractivity contribution in [1.82, 2.24) is 4.72 Å².